The second-order valence-corrected chi connectivity index (χ2v) is 11.9. The fraction of sp³-hybridized carbons (Fsp3) is 0.217. The molecule has 3 aromatic rings. The van der Waals surface area contributed by atoms with Crippen LogP contribution in [0, 0.1) is 35.5 Å². The van der Waals surface area contributed by atoms with Crippen LogP contribution < -0.4 is 16.0 Å². The minimum absolute atomic E-state index is 0.126. The van der Waals surface area contributed by atoms with Crippen molar-refractivity contribution in [1.82, 2.24) is 16.0 Å². The van der Waals surface area contributed by atoms with Crippen LogP contribution in [0.4, 0.5) is 0 Å². The molecule has 0 bridgehead atoms. The monoisotopic (exact) mass is 731 g/mol. The van der Waals surface area contributed by atoms with Crippen molar-refractivity contribution in [2.75, 3.05) is 19.6 Å². The fourth-order valence-electron chi connectivity index (χ4n) is 5.52. The first-order valence-corrected chi connectivity index (χ1v) is 17.9. The molecule has 3 N–H and O–H groups in total. The number of hydrogen-bond acceptors (Lipinski definition) is 9. The van der Waals surface area contributed by atoms with Crippen LogP contribution in [0.15, 0.2) is 108 Å². The molecule has 276 valence electrons. The second-order valence-electron chi connectivity index (χ2n) is 11.9. The number of rotatable bonds is 8. The average Bonchev–Trinajstić information content (AvgIpc) is 3.21. The molecule has 0 unspecified atom stereocenters. The van der Waals surface area contributed by atoms with Crippen molar-refractivity contribution in [3.8, 4) is 35.5 Å². The van der Waals surface area contributed by atoms with Gasteiger partial charge in [0, 0.05) is 90.4 Å². The van der Waals surface area contributed by atoms with Gasteiger partial charge in [0.1, 0.15) is 0 Å². The van der Waals surface area contributed by atoms with Gasteiger partial charge in [0.25, 0.3) is 0 Å². The molecule has 0 saturated carbocycles. The third kappa shape index (κ3) is 11.0. The molecule has 0 heterocycles. The van der Waals surface area contributed by atoms with E-state index in [0.717, 1.165) is 12.8 Å². The van der Waals surface area contributed by atoms with Gasteiger partial charge in [-0.3, -0.25) is 28.8 Å². The average molecular weight is 732 g/mol. The highest BCUT2D eigenvalue weighted by atomic mass is 16.2. The smallest absolute Gasteiger partial charge is 0.209 e. The number of allylic oxidation sites excluding steroid dienone is 6. The number of Topliss-reactive ketones (excluding diaryl/α,β-unsaturated/α-hetero) is 3. The summed E-state index contributed by atoms with van der Waals surface area (Å²) in [5.74, 6) is 16.6. The van der Waals surface area contributed by atoms with Crippen LogP contribution >= 0.6 is 0 Å². The predicted octanol–water partition coefficient (Wildman–Crippen LogP) is 6.25. The van der Waals surface area contributed by atoms with Gasteiger partial charge in [-0.05, 0) is 6.92 Å². The van der Waals surface area contributed by atoms with Crippen LogP contribution in [0.2, 0.25) is 0 Å². The summed E-state index contributed by atoms with van der Waals surface area (Å²) in [6.45, 7) is 7.22. The van der Waals surface area contributed by atoms with Crippen molar-refractivity contribution >= 4 is 34.7 Å². The molecule has 0 saturated heterocycles. The highest BCUT2D eigenvalue weighted by molar-refractivity contribution is 6.25. The summed E-state index contributed by atoms with van der Waals surface area (Å²) in [5, 5.41) is 8.85. The number of carbonyl (C=O) groups is 6. The van der Waals surface area contributed by atoms with Gasteiger partial charge in [-0.1, -0.05) is 92.6 Å². The van der Waals surface area contributed by atoms with Gasteiger partial charge in [-0.15, -0.1) is 29.6 Å². The summed E-state index contributed by atoms with van der Waals surface area (Å²) in [6.07, 6.45) is 7.00. The van der Waals surface area contributed by atoms with Crippen LogP contribution in [-0.4, -0.2) is 54.3 Å². The lowest BCUT2D eigenvalue weighted by molar-refractivity contribution is 0.0978. The zero-order valence-corrected chi connectivity index (χ0v) is 31.1. The van der Waals surface area contributed by atoms with Crippen LogP contribution in [0.25, 0.3) is 0 Å². The van der Waals surface area contributed by atoms with E-state index in [1.54, 1.807) is 79.7 Å². The molecule has 9 nitrogen and oxygen atoms in total. The molecular formula is C46H41N3O6. The van der Waals surface area contributed by atoms with Crippen molar-refractivity contribution in [2.24, 2.45) is 0 Å². The summed E-state index contributed by atoms with van der Waals surface area (Å²) in [4.78, 5) is 71.9. The largest absolute Gasteiger partial charge is 0.381 e. The molecule has 3 aliphatic carbocycles. The lowest BCUT2D eigenvalue weighted by Gasteiger charge is -2.15. The maximum atomic E-state index is 12.2. The van der Waals surface area contributed by atoms with E-state index in [1.165, 1.54) is 18.2 Å². The van der Waals surface area contributed by atoms with Crippen LogP contribution in [0.1, 0.15) is 109 Å². The quantitative estimate of drug-likeness (QED) is 0.181. The lowest BCUT2D eigenvalue weighted by atomic mass is 9.93. The van der Waals surface area contributed by atoms with Gasteiger partial charge in [-0.25, -0.2) is 0 Å². The summed E-state index contributed by atoms with van der Waals surface area (Å²) in [5.41, 5.74) is 3.85. The number of carbonyl (C=O) groups excluding carboxylic acids is 6. The van der Waals surface area contributed by atoms with Crippen LogP contribution in [0.5, 0.6) is 0 Å². The van der Waals surface area contributed by atoms with E-state index in [-0.39, 0.29) is 34.7 Å². The van der Waals surface area contributed by atoms with Gasteiger partial charge in [0.15, 0.2) is 17.3 Å². The summed E-state index contributed by atoms with van der Waals surface area (Å²) < 4.78 is 0. The minimum Gasteiger partial charge on any atom is -0.381 e. The topological polar surface area (TPSA) is 139 Å². The van der Waals surface area contributed by atoms with Gasteiger partial charge < -0.3 is 16.0 Å². The normalized spacial score (nSPS) is 13.3. The molecule has 3 aliphatic rings. The summed E-state index contributed by atoms with van der Waals surface area (Å²) in [6, 6.07) is 20.6. The van der Waals surface area contributed by atoms with Crippen LogP contribution in [-0.2, 0) is 0 Å². The number of nitrogens with one attached hydrogen (secondary N) is 3. The molecule has 0 aliphatic heterocycles. The third-order valence-corrected chi connectivity index (χ3v) is 8.15. The molecule has 0 atom stereocenters. The van der Waals surface area contributed by atoms with E-state index in [1.807, 2.05) is 13.8 Å². The summed E-state index contributed by atoms with van der Waals surface area (Å²) >= 11 is 0. The van der Waals surface area contributed by atoms with E-state index in [0.29, 0.717) is 82.9 Å². The Morgan fingerprint density at radius 1 is 0.436 bits per heavy atom. The van der Waals surface area contributed by atoms with Crippen molar-refractivity contribution in [3.05, 3.63) is 141 Å². The minimum atomic E-state index is -0.150. The Kier molecular flexibility index (Phi) is 15.5. The van der Waals surface area contributed by atoms with Gasteiger partial charge >= 0.3 is 0 Å². The first-order chi connectivity index (χ1) is 26.7. The highest BCUT2D eigenvalue weighted by Crippen LogP contribution is 2.21. The Morgan fingerprint density at radius 2 is 0.782 bits per heavy atom. The Bertz CT molecular complexity index is 2290. The standard InChI is InChI=1S/C16H15NO2.2C15H13NO2/c1-2-3-4-7-10-17-14-11-15(18)12-8-5-6-9-13(12)16(14)19;2*1-2-3-6-9-16-13-10-14(17)11-7-4-5-8-12(11)15(13)18/h5-6,8-9,11,17H,2,7,10H2,1H3;4-5,7-8,10,16H,6,9H2,1H3;4-5,7-8,10,16H,2,9H2,1H3. The molecule has 0 amide bonds. The van der Waals surface area contributed by atoms with Crippen LogP contribution in [0.3, 0.4) is 0 Å². The highest BCUT2D eigenvalue weighted by Gasteiger charge is 2.26. The Hall–Kier alpha value is -7.02. The molecule has 6 rings (SSSR count). The lowest BCUT2D eigenvalue weighted by Crippen LogP contribution is -2.27. The second kappa shape index (κ2) is 20.9. The zero-order chi connectivity index (χ0) is 39.6. The molecule has 0 aromatic heterocycles. The van der Waals surface area contributed by atoms with Gasteiger partial charge in [0.2, 0.25) is 17.3 Å². The summed E-state index contributed by atoms with van der Waals surface area (Å²) in [7, 11) is 0. The molecule has 9 heteroatoms. The molecule has 3 aromatic carbocycles. The Morgan fingerprint density at radius 3 is 1.16 bits per heavy atom. The first kappa shape index (κ1) is 40.7. The van der Waals surface area contributed by atoms with Crippen molar-refractivity contribution in [2.45, 2.75) is 46.5 Å². The molecule has 0 fully saturated rings. The molecule has 0 spiro atoms. The van der Waals surface area contributed by atoms with Crippen molar-refractivity contribution in [1.29, 1.82) is 0 Å². The zero-order valence-electron chi connectivity index (χ0n) is 31.1. The van der Waals surface area contributed by atoms with Gasteiger partial charge in [0.05, 0.1) is 23.6 Å². The van der Waals surface area contributed by atoms with E-state index in [2.05, 4.69) is 51.5 Å². The first-order valence-electron chi connectivity index (χ1n) is 17.9. The Balaban J connectivity index is 0.000000184. The van der Waals surface area contributed by atoms with E-state index in [9.17, 15) is 28.8 Å². The van der Waals surface area contributed by atoms with E-state index < -0.39 is 0 Å². The number of benzene rings is 3. The fourth-order valence-corrected chi connectivity index (χ4v) is 5.52. The van der Waals surface area contributed by atoms with E-state index in [4.69, 9.17) is 0 Å². The number of ketones is 6. The maximum Gasteiger partial charge on any atom is 0.209 e. The SMILES string of the molecule is CC#CCCNC1=CC(=O)c2ccccc2C1=O.CCC#CCCNC1=CC(=O)c2ccccc2C1=O.CCC#CCNC1=CC(=O)c2ccccc2C1=O. The van der Waals surface area contributed by atoms with Crippen molar-refractivity contribution < 1.29 is 28.8 Å². The predicted molar refractivity (Wildman–Crippen MR) is 212 cm³/mol. The molecular weight excluding hydrogens is 691 g/mol. The number of hydrogen-bond donors (Lipinski definition) is 3. The molecule has 0 radical (unpaired) electrons. The van der Waals surface area contributed by atoms with Crippen molar-refractivity contribution in [3.63, 3.8) is 0 Å². The molecule has 55 heavy (non-hydrogen) atoms. The maximum absolute atomic E-state index is 12.2. The van der Waals surface area contributed by atoms with E-state index >= 15 is 0 Å². The third-order valence-electron chi connectivity index (χ3n) is 8.15. The van der Waals surface area contributed by atoms with Gasteiger partial charge in [-0.2, -0.15) is 0 Å². The number of fused-ring (bicyclic) bond motifs is 3. The Labute approximate surface area is 321 Å².